The first-order chi connectivity index (χ1) is 12.8. The molecular formula is C19H19N3OS3. The van der Waals surface area contributed by atoms with Crippen molar-refractivity contribution in [1.29, 1.82) is 0 Å². The van der Waals surface area contributed by atoms with E-state index in [9.17, 15) is 4.79 Å². The molecule has 1 aliphatic rings. The summed E-state index contributed by atoms with van der Waals surface area (Å²) in [6.45, 7) is 0. The summed E-state index contributed by atoms with van der Waals surface area (Å²) in [6.07, 6.45) is 8.36. The van der Waals surface area contributed by atoms with Crippen LogP contribution in [0.5, 0.6) is 0 Å². The van der Waals surface area contributed by atoms with Gasteiger partial charge in [-0.3, -0.25) is 4.79 Å². The van der Waals surface area contributed by atoms with Crippen LogP contribution in [0.3, 0.4) is 0 Å². The van der Waals surface area contributed by atoms with Gasteiger partial charge in [0, 0.05) is 15.2 Å². The van der Waals surface area contributed by atoms with Crippen molar-refractivity contribution in [1.82, 2.24) is 9.97 Å². The molecule has 1 amide bonds. The SMILES string of the molecule is CSc1ccccc1NC(=O)CSc1ncnc2sc3c(c12)CCCC3. The number of fused-ring (bicyclic) bond motifs is 3. The second kappa shape index (κ2) is 7.98. The summed E-state index contributed by atoms with van der Waals surface area (Å²) in [7, 11) is 0. The fourth-order valence-corrected chi connectivity index (χ4v) is 5.91. The van der Waals surface area contributed by atoms with Gasteiger partial charge in [0.2, 0.25) is 5.91 Å². The van der Waals surface area contributed by atoms with E-state index in [0.717, 1.165) is 33.3 Å². The second-order valence-electron chi connectivity index (χ2n) is 6.11. The minimum Gasteiger partial charge on any atom is -0.324 e. The van der Waals surface area contributed by atoms with Crippen LogP contribution >= 0.6 is 34.9 Å². The number of carbonyl (C=O) groups excluding carboxylic acids is 1. The van der Waals surface area contributed by atoms with E-state index in [0.29, 0.717) is 5.75 Å². The number of thioether (sulfide) groups is 2. The van der Waals surface area contributed by atoms with Crippen LogP contribution in [-0.2, 0) is 17.6 Å². The summed E-state index contributed by atoms with van der Waals surface area (Å²) in [5, 5.41) is 5.12. The molecule has 2 heterocycles. The van der Waals surface area contributed by atoms with Gasteiger partial charge in [-0.05, 0) is 49.6 Å². The lowest BCUT2D eigenvalue weighted by atomic mass is 9.97. The maximum Gasteiger partial charge on any atom is 0.234 e. The van der Waals surface area contributed by atoms with Crippen LogP contribution in [0, 0.1) is 0 Å². The van der Waals surface area contributed by atoms with E-state index in [-0.39, 0.29) is 5.91 Å². The van der Waals surface area contributed by atoms with E-state index in [1.54, 1.807) is 29.4 Å². The van der Waals surface area contributed by atoms with E-state index in [2.05, 4.69) is 15.3 Å². The Morgan fingerprint density at radius 1 is 1.23 bits per heavy atom. The van der Waals surface area contributed by atoms with Gasteiger partial charge >= 0.3 is 0 Å². The fraction of sp³-hybridized carbons (Fsp3) is 0.316. The molecule has 0 radical (unpaired) electrons. The smallest absolute Gasteiger partial charge is 0.234 e. The number of benzene rings is 1. The van der Waals surface area contributed by atoms with Gasteiger partial charge in [-0.2, -0.15) is 0 Å². The number of nitrogens with zero attached hydrogens (tertiary/aromatic N) is 2. The second-order valence-corrected chi connectivity index (χ2v) is 9.00. The topological polar surface area (TPSA) is 54.9 Å². The molecule has 4 rings (SSSR count). The molecule has 0 atom stereocenters. The van der Waals surface area contributed by atoms with E-state index in [1.807, 2.05) is 30.5 Å². The summed E-state index contributed by atoms with van der Waals surface area (Å²) in [5.74, 6) is 0.340. The van der Waals surface area contributed by atoms with Gasteiger partial charge < -0.3 is 5.32 Å². The van der Waals surface area contributed by atoms with E-state index < -0.39 is 0 Å². The summed E-state index contributed by atoms with van der Waals surface area (Å²) >= 11 is 4.92. The summed E-state index contributed by atoms with van der Waals surface area (Å²) in [4.78, 5) is 24.9. The average molecular weight is 402 g/mol. The number of rotatable bonds is 5. The lowest BCUT2D eigenvalue weighted by Gasteiger charge is -2.12. The first kappa shape index (κ1) is 17.8. The third kappa shape index (κ3) is 3.61. The number of amides is 1. The van der Waals surface area contributed by atoms with Crippen molar-refractivity contribution in [2.45, 2.75) is 35.6 Å². The minimum atomic E-state index is -0.00707. The monoisotopic (exact) mass is 401 g/mol. The predicted molar refractivity (Wildman–Crippen MR) is 112 cm³/mol. The highest BCUT2D eigenvalue weighted by Gasteiger charge is 2.20. The number of para-hydroxylation sites is 1. The number of thiophene rings is 1. The van der Waals surface area contributed by atoms with Crippen LogP contribution in [0.4, 0.5) is 5.69 Å². The molecule has 1 N–H and O–H groups in total. The Labute approximate surface area is 165 Å². The van der Waals surface area contributed by atoms with Crippen molar-refractivity contribution in [3.05, 3.63) is 41.0 Å². The Bertz CT molecular complexity index is 954. The molecule has 0 bridgehead atoms. The number of aryl methyl sites for hydroxylation is 2. The summed E-state index contributed by atoms with van der Waals surface area (Å²) in [5.41, 5.74) is 2.28. The number of nitrogens with one attached hydrogen (secondary N) is 1. The zero-order chi connectivity index (χ0) is 17.9. The zero-order valence-corrected chi connectivity index (χ0v) is 16.9. The maximum atomic E-state index is 12.4. The van der Waals surface area contributed by atoms with Crippen LogP contribution in [0.2, 0.25) is 0 Å². The number of aromatic nitrogens is 2. The Hall–Kier alpha value is -1.57. The van der Waals surface area contributed by atoms with Gasteiger partial charge in [-0.25, -0.2) is 9.97 Å². The van der Waals surface area contributed by atoms with Crippen LogP contribution in [0.1, 0.15) is 23.3 Å². The fourth-order valence-electron chi connectivity index (χ4n) is 3.24. The molecule has 134 valence electrons. The molecule has 0 saturated carbocycles. The van der Waals surface area contributed by atoms with E-state index >= 15 is 0 Å². The highest BCUT2D eigenvalue weighted by molar-refractivity contribution is 8.00. The molecule has 3 aromatic rings. The van der Waals surface area contributed by atoms with Gasteiger partial charge in [0.25, 0.3) is 0 Å². The Balaban J connectivity index is 1.51. The van der Waals surface area contributed by atoms with Gasteiger partial charge in [-0.15, -0.1) is 23.1 Å². The Kier molecular flexibility index (Phi) is 5.47. The Morgan fingerprint density at radius 3 is 2.96 bits per heavy atom. The van der Waals surface area contributed by atoms with Crippen molar-refractivity contribution in [3.63, 3.8) is 0 Å². The molecule has 26 heavy (non-hydrogen) atoms. The quantitative estimate of drug-likeness (QED) is 0.480. The number of hydrogen-bond acceptors (Lipinski definition) is 6. The van der Waals surface area contributed by atoms with Crippen molar-refractivity contribution in [3.8, 4) is 0 Å². The number of carbonyl (C=O) groups is 1. The summed E-state index contributed by atoms with van der Waals surface area (Å²) < 4.78 is 0. The molecular weight excluding hydrogens is 382 g/mol. The molecule has 2 aromatic heterocycles. The molecule has 0 unspecified atom stereocenters. The minimum absolute atomic E-state index is 0.00707. The third-order valence-corrected chi connectivity index (χ3v) is 7.42. The van der Waals surface area contributed by atoms with Gasteiger partial charge in [0.05, 0.1) is 11.4 Å². The normalized spacial score (nSPS) is 13.6. The lowest BCUT2D eigenvalue weighted by molar-refractivity contribution is -0.113. The van der Waals surface area contributed by atoms with Gasteiger partial charge in [0.1, 0.15) is 16.2 Å². The largest absolute Gasteiger partial charge is 0.324 e. The molecule has 0 spiro atoms. The Morgan fingerprint density at radius 2 is 2.08 bits per heavy atom. The molecule has 0 fully saturated rings. The van der Waals surface area contributed by atoms with E-state index in [4.69, 9.17) is 0 Å². The summed E-state index contributed by atoms with van der Waals surface area (Å²) in [6, 6.07) is 7.87. The number of hydrogen-bond donors (Lipinski definition) is 1. The molecule has 4 nitrogen and oxygen atoms in total. The molecule has 1 aliphatic carbocycles. The highest BCUT2D eigenvalue weighted by Crippen LogP contribution is 2.39. The van der Waals surface area contributed by atoms with Gasteiger partial charge in [0.15, 0.2) is 0 Å². The zero-order valence-electron chi connectivity index (χ0n) is 14.4. The van der Waals surface area contributed by atoms with E-state index in [1.165, 1.54) is 40.4 Å². The first-order valence-electron chi connectivity index (χ1n) is 8.57. The molecule has 7 heteroatoms. The average Bonchev–Trinajstić information content (AvgIpc) is 3.06. The van der Waals surface area contributed by atoms with Crippen LogP contribution < -0.4 is 5.32 Å². The van der Waals surface area contributed by atoms with Gasteiger partial charge in [-0.1, -0.05) is 23.9 Å². The third-order valence-electron chi connectivity index (χ3n) is 4.44. The lowest BCUT2D eigenvalue weighted by Crippen LogP contribution is -2.14. The van der Waals surface area contributed by atoms with Crippen LogP contribution in [-0.4, -0.2) is 27.9 Å². The van der Waals surface area contributed by atoms with Crippen LogP contribution in [0.15, 0.2) is 40.5 Å². The molecule has 1 aromatic carbocycles. The van der Waals surface area contributed by atoms with Crippen molar-refractivity contribution in [2.24, 2.45) is 0 Å². The molecule has 0 aliphatic heterocycles. The van der Waals surface area contributed by atoms with Crippen molar-refractivity contribution in [2.75, 3.05) is 17.3 Å². The highest BCUT2D eigenvalue weighted by atomic mass is 32.2. The number of anilines is 1. The standard InChI is InChI=1S/C19H19N3OS3/c1-24-15-9-5-3-7-13(15)22-16(23)10-25-18-17-12-6-2-4-8-14(12)26-19(17)21-11-20-18/h3,5,7,9,11H,2,4,6,8,10H2,1H3,(H,22,23). The van der Waals surface area contributed by atoms with Crippen molar-refractivity contribution < 1.29 is 4.79 Å². The maximum absolute atomic E-state index is 12.4. The molecule has 0 saturated heterocycles. The first-order valence-corrected chi connectivity index (χ1v) is 11.6. The van der Waals surface area contributed by atoms with Crippen LogP contribution in [0.25, 0.3) is 10.2 Å². The predicted octanol–water partition coefficient (Wildman–Crippen LogP) is 5.02. The van der Waals surface area contributed by atoms with Crippen molar-refractivity contribution >= 4 is 56.7 Å².